The predicted octanol–water partition coefficient (Wildman–Crippen LogP) is 2.77. The zero-order valence-electron chi connectivity index (χ0n) is 11.6. The number of esters is 1. The zero-order chi connectivity index (χ0) is 14.0. The van der Waals surface area contributed by atoms with E-state index >= 15 is 0 Å². The van der Waals surface area contributed by atoms with E-state index in [0.717, 1.165) is 0 Å². The van der Waals surface area contributed by atoms with E-state index in [9.17, 15) is 4.79 Å². The molecule has 100 valence electrons. The smallest absolute Gasteiger partial charge is 0.350 e. The van der Waals surface area contributed by atoms with Gasteiger partial charge in [0.1, 0.15) is 11.4 Å². The van der Waals surface area contributed by atoms with Crippen LogP contribution in [0.5, 0.6) is 5.75 Å². The van der Waals surface area contributed by atoms with Crippen LogP contribution in [0, 0.1) is 0 Å². The fourth-order valence-corrected chi connectivity index (χ4v) is 1.27. The molecule has 0 saturated carbocycles. The first-order valence-electron chi connectivity index (χ1n) is 5.88. The highest BCUT2D eigenvalue weighted by Gasteiger charge is 2.34. The van der Waals surface area contributed by atoms with Gasteiger partial charge in [-0.2, -0.15) is 0 Å². The number of carbonyl (C=O) groups excluding carboxylic acids is 1. The molecule has 0 amide bonds. The maximum atomic E-state index is 12.0. The Morgan fingerprint density at radius 3 is 2.00 bits per heavy atom. The molecule has 0 bridgehead atoms. The fraction of sp³-hybridized carbons (Fsp3) is 0.500. The van der Waals surface area contributed by atoms with Crippen molar-refractivity contribution in [1.82, 2.24) is 0 Å². The number of ether oxygens (including phenoxy) is 2. The van der Waals surface area contributed by atoms with Gasteiger partial charge < -0.3 is 15.2 Å². The van der Waals surface area contributed by atoms with E-state index in [1.165, 1.54) is 0 Å². The number of nitrogen functional groups attached to an aromatic ring is 1. The minimum Gasteiger partial charge on any atom is -0.476 e. The number of benzene rings is 1. The molecular formula is C14H21NO3. The van der Waals surface area contributed by atoms with Crippen LogP contribution < -0.4 is 10.5 Å². The van der Waals surface area contributed by atoms with Crippen molar-refractivity contribution in [1.29, 1.82) is 0 Å². The Kier molecular flexibility index (Phi) is 3.89. The largest absolute Gasteiger partial charge is 0.476 e. The van der Waals surface area contributed by atoms with Gasteiger partial charge in [-0.15, -0.1) is 0 Å². The molecule has 0 aromatic heterocycles. The van der Waals surface area contributed by atoms with E-state index < -0.39 is 17.2 Å². The van der Waals surface area contributed by atoms with Gasteiger partial charge in [-0.25, -0.2) is 4.79 Å². The second-order valence-corrected chi connectivity index (χ2v) is 5.68. The number of anilines is 1. The topological polar surface area (TPSA) is 61.5 Å². The summed E-state index contributed by atoms with van der Waals surface area (Å²) in [4.78, 5) is 12.0. The Morgan fingerprint density at radius 2 is 1.56 bits per heavy atom. The zero-order valence-corrected chi connectivity index (χ0v) is 11.6. The summed E-state index contributed by atoms with van der Waals surface area (Å²) in [5, 5.41) is 0. The van der Waals surface area contributed by atoms with E-state index in [1.54, 1.807) is 38.1 Å². The van der Waals surface area contributed by atoms with Gasteiger partial charge in [-0.1, -0.05) is 0 Å². The number of hydrogen-bond acceptors (Lipinski definition) is 4. The van der Waals surface area contributed by atoms with Crippen LogP contribution in [-0.4, -0.2) is 17.2 Å². The van der Waals surface area contributed by atoms with Crippen LogP contribution in [0.4, 0.5) is 5.69 Å². The normalized spacial score (nSPS) is 12.1. The molecule has 1 aromatic carbocycles. The first kappa shape index (κ1) is 14.4. The number of hydrogen-bond donors (Lipinski definition) is 1. The van der Waals surface area contributed by atoms with Crippen LogP contribution in [0.25, 0.3) is 0 Å². The highest BCUT2D eigenvalue weighted by Crippen LogP contribution is 2.22. The third-order valence-corrected chi connectivity index (χ3v) is 2.14. The van der Waals surface area contributed by atoms with Crippen molar-refractivity contribution in [3.8, 4) is 5.75 Å². The number of nitrogens with two attached hydrogens (primary N) is 1. The van der Waals surface area contributed by atoms with Gasteiger partial charge in [0.2, 0.25) is 0 Å². The molecule has 0 saturated heterocycles. The van der Waals surface area contributed by atoms with Gasteiger partial charge in [-0.3, -0.25) is 0 Å². The lowest BCUT2D eigenvalue weighted by Crippen LogP contribution is -2.43. The van der Waals surface area contributed by atoms with Gasteiger partial charge in [0.05, 0.1) is 0 Å². The van der Waals surface area contributed by atoms with Crippen molar-refractivity contribution in [2.75, 3.05) is 5.73 Å². The molecule has 0 aliphatic rings. The molecule has 0 radical (unpaired) electrons. The van der Waals surface area contributed by atoms with Gasteiger partial charge >= 0.3 is 5.97 Å². The molecule has 2 N–H and O–H groups in total. The SMILES string of the molecule is CC(C)(C)OC(=O)C(C)(C)Oc1ccc(N)cc1. The molecule has 0 atom stereocenters. The molecule has 0 heterocycles. The standard InChI is InChI=1S/C14H21NO3/c1-13(2,3)18-12(16)14(4,5)17-11-8-6-10(15)7-9-11/h6-9H,15H2,1-5H3. The first-order chi connectivity index (χ1) is 8.10. The third kappa shape index (κ3) is 4.28. The molecule has 0 aliphatic heterocycles. The predicted molar refractivity (Wildman–Crippen MR) is 71.4 cm³/mol. The van der Waals surface area contributed by atoms with E-state index in [4.69, 9.17) is 15.2 Å². The molecular weight excluding hydrogens is 230 g/mol. The third-order valence-electron chi connectivity index (χ3n) is 2.14. The summed E-state index contributed by atoms with van der Waals surface area (Å²) in [6.07, 6.45) is 0. The monoisotopic (exact) mass is 251 g/mol. The lowest BCUT2D eigenvalue weighted by Gasteiger charge is -2.29. The van der Waals surface area contributed by atoms with Crippen LogP contribution in [0.3, 0.4) is 0 Å². The molecule has 18 heavy (non-hydrogen) atoms. The van der Waals surface area contributed by atoms with E-state index in [0.29, 0.717) is 11.4 Å². The van der Waals surface area contributed by atoms with Crippen molar-refractivity contribution in [3.63, 3.8) is 0 Å². The quantitative estimate of drug-likeness (QED) is 0.663. The molecule has 4 nitrogen and oxygen atoms in total. The van der Waals surface area contributed by atoms with Gasteiger partial charge in [0.25, 0.3) is 0 Å². The molecule has 0 unspecified atom stereocenters. The number of rotatable bonds is 3. The van der Waals surface area contributed by atoms with Crippen LogP contribution >= 0.6 is 0 Å². The second kappa shape index (κ2) is 4.88. The van der Waals surface area contributed by atoms with Crippen LogP contribution in [0.1, 0.15) is 34.6 Å². The van der Waals surface area contributed by atoms with Crippen LogP contribution in [0.2, 0.25) is 0 Å². The Labute approximate surface area is 108 Å². The molecule has 4 heteroatoms. The Bertz CT molecular complexity index is 416. The minimum atomic E-state index is -1.04. The molecule has 1 rings (SSSR count). The van der Waals surface area contributed by atoms with Crippen LogP contribution in [0.15, 0.2) is 24.3 Å². The van der Waals surface area contributed by atoms with Crippen LogP contribution in [-0.2, 0) is 9.53 Å². The number of carbonyl (C=O) groups is 1. The minimum absolute atomic E-state index is 0.396. The lowest BCUT2D eigenvalue weighted by atomic mass is 10.1. The highest BCUT2D eigenvalue weighted by atomic mass is 16.6. The summed E-state index contributed by atoms with van der Waals surface area (Å²) in [7, 11) is 0. The highest BCUT2D eigenvalue weighted by molar-refractivity contribution is 5.79. The second-order valence-electron chi connectivity index (χ2n) is 5.68. The maximum Gasteiger partial charge on any atom is 0.350 e. The summed E-state index contributed by atoms with van der Waals surface area (Å²) in [6, 6.07) is 6.89. The fourth-order valence-electron chi connectivity index (χ4n) is 1.27. The average Bonchev–Trinajstić information content (AvgIpc) is 2.18. The summed E-state index contributed by atoms with van der Waals surface area (Å²) in [5.41, 5.74) is 4.67. The Morgan fingerprint density at radius 1 is 1.06 bits per heavy atom. The lowest BCUT2D eigenvalue weighted by molar-refractivity contribution is -0.170. The summed E-state index contributed by atoms with van der Waals surface area (Å²) >= 11 is 0. The van der Waals surface area contributed by atoms with E-state index in [2.05, 4.69) is 0 Å². The van der Waals surface area contributed by atoms with Crippen molar-refractivity contribution in [2.45, 2.75) is 45.8 Å². The van der Waals surface area contributed by atoms with Gasteiger partial charge in [-0.05, 0) is 58.9 Å². The molecule has 0 spiro atoms. The maximum absolute atomic E-state index is 12.0. The van der Waals surface area contributed by atoms with E-state index in [-0.39, 0.29) is 0 Å². The van der Waals surface area contributed by atoms with Crippen molar-refractivity contribution in [2.24, 2.45) is 0 Å². The summed E-state index contributed by atoms with van der Waals surface area (Å²) in [5.74, 6) is 0.187. The van der Waals surface area contributed by atoms with Crippen molar-refractivity contribution >= 4 is 11.7 Å². The van der Waals surface area contributed by atoms with E-state index in [1.807, 2.05) is 20.8 Å². The molecule has 0 fully saturated rings. The average molecular weight is 251 g/mol. The van der Waals surface area contributed by atoms with Crippen molar-refractivity contribution < 1.29 is 14.3 Å². The Balaban J connectivity index is 2.75. The first-order valence-corrected chi connectivity index (χ1v) is 5.88. The Hall–Kier alpha value is -1.71. The van der Waals surface area contributed by atoms with Gasteiger partial charge in [0.15, 0.2) is 5.60 Å². The summed E-state index contributed by atoms with van der Waals surface area (Å²) < 4.78 is 10.9. The van der Waals surface area contributed by atoms with Gasteiger partial charge in [0, 0.05) is 5.69 Å². The molecule has 1 aromatic rings. The summed E-state index contributed by atoms with van der Waals surface area (Å²) in [6.45, 7) is 8.83. The van der Waals surface area contributed by atoms with Crippen molar-refractivity contribution in [3.05, 3.63) is 24.3 Å². The molecule has 0 aliphatic carbocycles.